The number of hydrogen-bond donors (Lipinski definition) is 8. The summed E-state index contributed by atoms with van der Waals surface area (Å²) in [5.74, 6) is -1.82. The highest BCUT2D eigenvalue weighted by Crippen LogP contribution is 2.39. The van der Waals surface area contributed by atoms with Crippen LogP contribution < -0.4 is 26.4 Å². The molecule has 2 aromatic carbocycles. The number of nitrogens with one attached hydrogen (secondary N) is 3. The average Bonchev–Trinajstić information content (AvgIpc) is 4.09. The number of aliphatic hydroxyl groups excluding tert-OH is 4. The average molecular weight is 964 g/mol. The van der Waals surface area contributed by atoms with Gasteiger partial charge in [0.15, 0.2) is 12.8 Å². The predicted molar refractivity (Wildman–Crippen MR) is 245 cm³/mol. The SMILES string of the molecule is Cc1ncsc1-c1ccc(CNC(=O)[C@@H]2C[C@@H](O)CN2C(=O)[C@@H](NC(=O)COCCNC(=O)COc2cc([C@@H](O)[C@H]3O[C@@H](n4ccc5c(N)ncnc54)[C@H](O)[C@@H]3O)ccc2Cl)C(C)(C)C)cc1. The smallest absolute Gasteiger partial charge is 0.258 e. The summed E-state index contributed by atoms with van der Waals surface area (Å²) in [5.41, 5.74) is 10.4. The van der Waals surface area contributed by atoms with E-state index in [0.717, 1.165) is 21.7 Å². The Morgan fingerprint density at radius 3 is 2.48 bits per heavy atom. The van der Waals surface area contributed by atoms with Crippen molar-refractivity contribution < 1.29 is 53.8 Å². The van der Waals surface area contributed by atoms with Gasteiger partial charge in [0.25, 0.3) is 5.91 Å². The summed E-state index contributed by atoms with van der Waals surface area (Å²) < 4.78 is 18.6. The topological polar surface area (TPSA) is 286 Å². The van der Waals surface area contributed by atoms with Crippen LogP contribution in [0.4, 0.5) is 5.82 Å². The molecule has 2 aliphatic heterocycles. The lowest BCUT2D eigenvalue weighted by Gasteiger charge is -2.35. The Bertz CT molecular complexity index is 2570. The molecule has 8 atom stereocenters. The van der Waals surface area contributed by atoms with Gasteiger partial charge in [0, 0.05) is 32.3 Å². The van der Waals surface area contributed by atoms with Gasteiger partial charge in [-0.15, -0.1) is 11.3 Å². The maximum Gasteiger partial charge on any atom is 0.258 e. The molecule has 0 spiro atoms. The van der Waals surface area contributed by atoms with Crippen LogP contribution in [-0.2, 0) is 35.2 Å². The summed E-state index contributed by atoms with van der Waals surface area (Å²) in [6, 6.07) is 11.7. The highest BCUT2D eigenvalue weighted by Gasteiger charge is 2.48. The van der Waals surface area contributed by atoms with Gasteiger partial charge in [-0.2, -0.15) is 0 Å². The molecular weight excluding hydrogens is 910 g/mol. The summed E-state index contributed by atoms with van der Waals surface area (Å²) >= 11 is 7.88. The zero-order valence-electron chi connectivity index (χ0n) is 37.2. The van der Waals surface area contributed by atoms with Gasteiger partial charge in [0.2, 0.25) is 17.7 Å². The predicted octanol–water partition coefficient (Wildman–Crippen LogP) is 1.77. The van der Waals surface area contributed by atoms with Crippen LogP contribution in [-0.4, -0.2) is 138 Å². The molecule has 2 fully saturated rings. The highest BCUT2D eigenvalue weighted by molar-refractivity contribution is 7.13. The molecule has 5 aromatic rings. The highest BCUT2D eigenvalue weighted by atomic mass is 35.5. The number of carbonyl (C=O) groups is 4. The lowest BCUT2D eigenvalue weighted by Crippen LogP contribution is -2.58. The Hall–Kier alpha value is -5.78. The number of amides is 4. The van der Waals surface area contributed by atoms with Crippen molar-refractivity contribution in [1.29, 1.82) is 0 Å². The Morgan fingerprint density at radius 2 is 1.76 bits per heavy atom. The van der Waals surface area contributed by atoms with E-state index in [9.17, 15) is 39.6 Å². The number of carbonyl (C=O) groups excluding carboxylic acids is 4. The number of aliphatic hydroxyl groups is 4. The number of nitrogens with zero attached hydrogens (tertiary/aromatic N) is 5. The first-order chi connectivity index (χ1) is 31.9. The molecule has 0 unspecified atom stereocenters. The number of thiazole rings is 1. The Balaban J connectivity index is 0.845. The fourth-order valence-corrected chi connectivity index (χ4v) is 8.96. The third-order valence-electron chi connectivity index (χ3n) is 11.6. The van der Waals surface area contributed by atoms with Crippen LogP contribution in [0.2, 0.25) is 5.02 Å². The van der Waals surface area contributed by atoms with Gasteiger partial charge in [0.1, 0.15) is 66.6 Å². The van der Waals surface area contributed by atoms with Gasteiger partial charge in [0.05, 0.1) is 39.2 Å². The lowest BCUT2D eigenvalue weighted by molar-refractivity contribution is -0.144. The van der Waals surface area contributed by atoms with Gasteiger partial charge >= 0.3 is 0 Å². The van der Waals surface area contributed by atoms with Crippen LogP contribution in [0, 0.1) is 12.3 Å². The first-order valence-corrected chi connectivity index (χ1v) is 22.8. The number of anilines is 1. The molecule has 0 bridgehead atoms. The summed E-state index contributed by atoms with van der Waals surface area (Å²) in [7, 11) is 0. The van der Waals surface area contributed by atoms with E-state index >= 15 is 0 Å². The maximum atomic E-state index is 14.0. The van der Waals surface area contributed by atoms with Crippen LogP contribution >= 0.6 is 22.9 Å². The summed E-state index contributed by atoms with van der Waals surface area (Å²) in [6.45, 7) is 6.41. The zero-order chi connectivity index (χ0) is 48.2. The minimum absolute atomic E-state index is 0.00230. The van der Waals surface area contributed by atoms with E-state index < -0.39 is 91.1 Å². The van der Waals surface area contributed by atoms with Crippen molar-refractivity contribution in [3.8, 4) is 16.2 Å². The van der Waals surface area contributed by atoms with Gasteiger partial charge in [-0.25, -0.2) is 15.0 Å². The lowest BCUT2D eigenvalue weighted by atomic mass is 9.85. The number of nitrogen functional groups attached to an aromatic ring is 1. The minimum atomic E-state index is -1.50. The van der Waals surface area contributed by atoms with Crippen molar-refractivity contribution in [2.45, 2.75) is 89.5 Å². The van der Waals surface area contributed by atoms with E-state index in [-0.39, 0.29) is 54.8 Å². The van der Waals surface area contributed by atoms with Crippen LogP contribution in [0.5, 0.6) is 5.75 Å². The van der Waals surface area contributed by atoms with Crippen molar-refractivity contribution in [2.75, 3.05) is 38.6 Å². The Labute approximate surface area is 394 Å². The number of halogens is 1. The summed E-state index contributed by atoms with van der Waals surface area (Å²) in [4.78, 5) is 68.0. The van der Waals surface area contributed by atoms with Crippen molar-refractivity contribution in [3.05, 3.63) is 88.4 Å². The molecule has 2 aliphatic rings. The maximum absolute atomic E-state index is 14.0. The number of rotatable bonds is 17. The number of hydrogen-bond acceptors (Lipinski definition) is 16. The number of aromatic nitrogens is 4. The van der Waals surface area contributed by atoms with Crippen LogP contribution in [0.3, 0.4) is 0 Å². The molecule has 7 rings (SSSR count). The normalized spacial score (nSPS) is 21.5. The van der Waals surface area contributed by atoms with Crippen molar-refractivity contribution >= 4 is 63.4 Å². The molecule has 0 aliphatic carbocycles. The van der Waals surface area contributed by atoms with E-state index in [1.807, 2.05) is 31.2 Å². The molecule has 5 heterocycles. The third-order valence-corrected chi connectivity index (χ3v) is 12.9. The van der Waals surface area contributed by atoms with Gasteiger partial charge in [-0.3, -0.25) is 19.2 Å². The molecule has 3 aromatic heterocycles. The molecule has 0 radical (unpaired) electrons. The largest absolute Gasteiger partial charge is 0.482 e. The van der Waals surface area contributed by atoms with E-state index in [1.165, 1.54) is 34.0 Å². The number of aryl methyl sites for hydroxylation is 1. The van der Waals surface area contributed by atoms with Crippen molar-refractivity contribution in [1.82, 2.24) is 40.4 Å². The second kappa shape index (κ2) is 21.0. The molecule has 0 saturated carbocycles. The molecule has 20 nitrogen and oxygen atoms in total. The second-order valence-corrected chi connectivity index (χ2v) is 18.7. The fraction of sp³-hybridized carbons (Fsp3) is 0.444. The monoisotopic (exact) mass is 963 g/mol. The van der Waals surface area contributed by atoms with E-state index in [2.05, 4.69) is 30.9 Å². The molecule has 22 heteroatoms. The molecule has 4 amide bonds. The summed E-state index contributed by atoms with van der Waals surface area (Å²) in [5, 5.41) is 52.5. The number of β-amino-alcohol motifs (C(OH)–C–C–N with tert-alkyl or cyclic N) is 1. The first kappa shape index (κ1) is 49.1. The minimum Gasteiger partial charge on any atom is -0.482 e. The van der Waals surface area contributed by atoms with Crippen molar-refractivity contribution in [2.24, 2.45) is 5.41 Å². The number of benzene rings is 2. The standard InChI is InChI=1S/C45H54ClN9O11S/c1-23-38(67-22-52-23)25-7-5-24(6-8-25)17-49-42(62)30-16-27(56)18-55(30)43(63)39(45(2,3)4)53-33(58)19-64-14-12-48-32(57)20-65-31-15-26(9-10-29(31)46)34(59)37-35(60)36(61)44(66-37)54-13-11-28-40(47)50-21-51-41(28)54/h5-11,13,15,21-22,27,30,34-37,39,44,56,59-61H,12,14,16-20H2,1-4H3,(H,48,57)(H,49,62)(H,53,58)(H2,47,50,51)/t27-,30+,34-,35+,36-,37-,39-,44-/m1/s1. The molecule has 358 valence electrons. The molecule has 9 N–H and O–H groups in total. The van der Waals surface area contributed by atoms with Crippen LogP contribution in [0.25, 0.3) is 21.5 Å². The second-order valence-electron chi connectivity index (χ2n) is 17.5. The molecule has 2 saturated heterocycles. The Morgan fingerprint density at radius 1 is 1.00 bits per heavy atom. The zero-order valence-corrected chi connectivity index (χ0v) is 38.7. The number of fused-ring (bicyclic) bond motifs is 1. The summed E-state index contributed by atoms with van der Waals surface area (Å²) in [6.07, 6.45) is -4.82. The van der Waals surface area contributed by atoms with E-state index in [4.69, 9.17) is 31.5 Å². The molecule has 67 heavy (non-hydrogen) atoms. The number of ether oxygens (including phenoxy) is 3. The number of likely N-dealkylation sites (tertiary alicyclic amines) is 1. The van der Waals surface area contributed by atoms with E-state index in [1.54, 1.807) is 49.9 Å². The van der Waals surface area contributed by atoms with Crippen molar-refractivity contribution in [3.63, 3.8) is 0 Å². The quantitative estimate of drug-likeness (QED) is 0.0617. The van der Waals surface area contributed by atoms with Gasteiger partial charge < -0.3 is 65.8 Å². The Kier molecular flexibility index (Phi) is 15.4. The molecular formula is C45H54ClN9O11S. The van der Waals surface area contributed by atoms with E-state index in [0.29, 0.717) is 11.0 Å². The first-order valence-electron chi connectivity index (χ1n) is 21.5. The van der Waals surface area contributed by atoms with Gasteiger partial charge in [-0.1, -0.05) is 62.7 Å². The van der Waals surface area contributed by atoms with Gasteiger partial charge in [-0.05, 0) is 47.2 Å². The number of nitrogens with two attached hydrogens (primary N) is 1. The van der Waals surface area contributed by atoms with Crippen LogP contribution in [0.15, 0.2) is 66.6 Å². The fourth-order valence-electron chi connectivity index (χ4n) is 7.98. The van der Waals surface area contributed by atoms with Crippen LogP contribution in [0.1, 0.15) is 56.3 Å². The third kappa shape index (κ3) is 11.3.